The van der Waals surface area contributed by atoms with E-state index in [0.717, 1.165) is 36.6 Å². The van der Waals surface area contributed by atoms with Gasteiger partial charge in [-0.05, 0) is 43.0 Å². The Hall–Kier alpha value is -0.280. The molecule has 2 N–H and O–H groups in total. The third kappa shape index (κ3) is 4.09. The molecule has 1 aromatic rings. The van der Waals surface area contributed by atoms with Crippen LogP contribution in [0.3, 0.4) is 0 Å². The molecule has 1 heterocycles. The number of nitrogens with zero attached hydrogens (tertiary/aromatic N) is 1. The van der Waals surface area contributed by atoms with Crippen LogP contribution in [0.1, 0.15) is 31.7 Å². The van der Waals surface area contributed by atoms with Gasteiger partial charge in [-0.2, -0.15) is 0 Å². The Labute approximate surface area is 125 Å². The summed E-state index contributed by atoms with van der Waals surface area (Å²) in [6, 6.07) is 6.08. The van der Waals surface area contributed by atoms with E-state index in [1.165, 1.54) is 12.8 Å². The van der Waals surface area contributed by atoms with Crippen LogP contribution in [0, 0.1) is 5.92 Å². The SMILES string of the molecule is CCCC(N)[C@H]1CCN(Cc2ccc(Cl)cc2Cl)C1. The molecule has 1 aliphatic rings. The molecular formula is C15H22Cl2N2. The summed E-state index contributed by atoms with van der Waals surface area (Å²) in [5.74, 6) is 0.631. The van der Waals surface area contributed by atoms with Crippen molar-refractivity contribution in [1.82, 2.24) is 4.90 Å². The summed E-state index contributed by atoms with van der Waals surface area (Å²) in [7, 11) is 0. The highest BCUT2D eigenvalue weighted by atomic mass is 35.5. The van der Waals surface area contributed by atoms with Gasteiger partial charge in [-0.15, -0.1) is 0 Å². The lowest BCUT2D eigenvalue weighted by Gasteiger charge is -2.20. The number of benzene rings is 1. The zero-order valence-corrected chi connectivity index (χ0v) is 12.9. The monoisotopic (exact) mass is 300 g/mol. The summed E-state index contributed by atoms with van der Waals surface area (Å²) in [6.45, 7) is 5.28. The van der Waals surface area contributed by atoms with Gasteiger partial charge in [0, 0.05) is 29.2 Å². The van der Waals surface area contributed by atoms with Crippen LogP contribution in [0.25, 0.3) is 0 Å². The van der Waals surface area contributed by atoms with E-state index in [4.69, 9.17) is 28.9 Å². The highest BCUT2D eigenvalue weighted by Gasteiger charge is 2.27. The predicted octanol–water partition coefficient (Wildman–Crippen LogP) is 3.94. The molecule has 0 spiro atoms. The fourth-order valence-corrected chi connectivity index (χ4v) is 3.28. The maximum absolute atomic E-state index is 6.22. The van der Waals surface area contributed by atoms with E-state index in [1.54, 1.807) is 0 Å². The predicted molar refractivity (Wildman–Crippen MR) is 82.7 cm³/mol. The molecule has 1 aromatic carbocycles. The van der Waals surface area contributed by atoms with Gasteiger partial charge in [0.05, 0.1) is 0 Å². The molecule has 2 nitrogen and oxygen atoms in total. The van der Waals surface area contributed by atoms with Crippen molar-refractivity contribution < 1.29 is 0 Å². The normalized spacial score (nSPS) is 21.8. The minimum atomic E-state index is 0.343. The third-order valence-corrected chi connectivity index (χ3v) is 4.53. The Morgan fingerprint density at radius 3 is 2.89 bits per heavy atom. The van der Waals surface area contributed by atoms with E-state index in [-0.39, 0.29) is 0 Å². The average molecular weight is 301 g/mol. The first-order valence-electron chi connectivity index (χ1n) is 7.02. The fourth-order valence-electron chi connectivity index (χ4n) is 2.82. The Morgan fingerprint density at radius 1 is 1.42 bits per heavy atom. The Kier molecular flexibility index (Phi) is 5.52. The maximum atomic E-state index is 6.22. The van der Waals surface area contributed by atoms with E-state index in [1.807, 2.05) is 18.2 Å². The van der Waals surface area contributed by atoms with Crippen LogP contribution < -0.4 is 5.73 Å². The van der Waals surface area contributed by atoms with Crippen molar-refractivity contribution in [1.29, 1.82) is 0 Å². The van der Waals surface area contributed by atoms with Gasteiger partial charge in [0.15, 0.2) is 0 Å². The van der Waals surface area contributed by atoms with Crippen LogP contribution in [0.4, 0.5) is 0 Å². The van der Waals surface area contributed by atoms with E-state index >= 15 is 0 Å². The van der Waals surface area contributed by atoms with Crippen molar-refractivity contribution in [2.75, 3.05) is 13.1 Å². The smallest absolute Gasteiger partial charge is 0.0465 e. The maximum Gasteiger partial charge on any atom is 0.0465 e. The van der Waals surface area contributed by atoms with Gasteiger partial charge in [-0.25, -0.2) is 0 Å². The van der Waals surface area contributed by atoms with Gasteiger partial charge < -0.3 is 5.73 Å². The van der Waals surface area contributed by atoms with E-state index in [0.29, 0.717) is 17.0 Å². The number of halogens is 2. The van der Waals surface area contributed by atoms with Gasteiger partial charge in [-0.1, -0.05) is 42.6 Å². The van der Waals surface area contributed by atoms with Gasteiger partial charge in [0.25, 0.3) is 0 Å². The molecule has 0 aliphatic carbocycles. The van der Waals surface area contributed by atoms with Crippen LogP contribution in [-0.4, -0.2) is 24.0 Å². The molecule has 106 valence electrons. The lowest BCUT2D eigenvalue weighted by molar-refractivity contribution is 0.302. The fraction of sp³-hybridized carbons (Fsp3) is 0.600. The molecule has 0 aromatic heterocycles. The molecule has 4 heteroatoms. The van der Waals surface area contributed by atoms with Crippen molar-refractivity contribution in [3.8, 4) is 0 Å². The molecule has 2 atom stereocenters. The van der Waals surface area contributed by atoms with Gasteiger partial charge in [-0.3, -0.25) is 4.90 Å². The van der Waals surface area contributed by atoms with Crippen molar-refractivity contribution in [3.63, 3.8) is 0 Å². The van der Waals surface area contributed by atoms with E-state index < -0.39 is 0 Å². The third-order valence-electron chi connectivity index (χ3n) is 3.95. The number of likely N-dealkylation sites (tertiary alicyclic amines) is 1. The summed E-state index contributed by atoms with van der Waals surface area (Å²) in [6.07, 6.45) is 3.49. The lowest BCUT2D eigenvalue weighted by atomic mass is 9.96. The van der Waals surface area contributed by atoms with Crippen molar-refractivity contribution in [3.05, 3.63) is 33.8 Å². The second-order valence-corrected chi connectivity index (χ2v) is 6.32. The lowest BCUT2D eigenvalue weighted by Crippen LogP contribution is -2.32. The highest BCUT2D eigenvalue weighted by molar-refractivity contribution is 6.35. The highest BCUT2D eigenvalue weighted by Crippen LogP contribution is 2.26. The molecule has 0 amide bonds. The van der Waals surface area contributed by atoms with Gasteiger partial charge in [0.2, 0.25) is 0 Å². The van der Waals surface area contributed by atoms with Crippen LogP contribution in [0.2, 0.25) is 10.0 Å². The molecule has 1 unspecified atom stereocenters. The summed E-state index contributed by atoms with van der Waals surface area (Å²) in [5.41, 5.74) is 7.37. The zero-order valence-electron chi connectivity index (χ0n) is 11.4. The molecule has 1 aliphatic heterocycles. The van der Waals surface area contributed by atoms with Gasteiger partial charge in [0.1, 0.15) is 0 Å². The molecule has 0 saturated carbocycles. The number of hydrogen-bond donors (Lipinski definition) is 1. The minimum Gasteiger partial charge on any atom is -0.327 e. The summed E-state index contributed by atoms with van der Waals surface area (Å²) < 4.78 is 0. The van der Waals surface area contributed by atoms with Crippen LogP contribution in [-0.2, 0) is 6.54 Å². The van der Waals surface area contributed by atoms with Crippen LogP contribution >= 0.6 is 23.2 Å². The summed E-state index contributed by atoms with van der Waals surface area (Å²) in [5, 5.41) is 1.45. The van der Waals surface area contributed by atoms with Crippen LogP contribution in [0.5, 0.6) is 0 Å². The molecule has 2 rings (SSSR count). The first kappa shape index (κ1) is 15.1. The topological polar surface area (TPSA) is 29.3 Å². The summed E-state index contributed by atoms with van der Waals surface area (Å²) in [4.78, 5) is 2.44. The zero-order chi connectivity index (χ0) is 13.8. The minimum absolute atomic E-state index is 0.343. The van der Waals surface area contributed by atoms with Gasteiger partial charge >= 0.3 is 0 Å². The summed E-state index contributed by atoms with van der Waals surface area (Å²) >= 11 is 12.1. The first-order valence-corrected chi connectivity index (χ1v) is 7.77. The van der Waals surface area contributed by atoms with Crippen LogP contribution in [0.15, 0.2) is 18.2 Å². The molecular weight excluding hydrogens is 279 g/mol. The van der Waals surface area contributed by atoms with E-state index in [9.17, 15) is 0 Å². The van der Waals surface area contributed by atoms with E-state index in [2.05, 4.69) is 11.8 Å². The molecule has 19 heavy (non-hydrogen) atoms. The standard InChI is InChI=1S/C15H22Cl2N2/c1-2-3-15(18)12-6-7-19(10-12)9-11-4-5-13(16)8-14(11)17/h4-5,8,12,15H,2-3,6-7,9-10,18H2,1H3/t12-,15?/m0/s1. The molecule has 0 radical (unpaired) electrons. The second-order valence-electron chi connectivity index (χ2n) is 5.47. The molecule has 1 fully saturated rings. The van der Waals surface area contributed by atoms with Crippen molar-refractivity contribution in [2.24, 2.45) is 11.7 Å². The quantitative estimate of drug-likeness (QED) is 0.892. The number of nitrogens with two attached hydrogens (primary N) is 1. The Morgan fingerprint density at radius 2 is 2.21 bits per heavy atom. The average Bonchev–Trinajstić information content (AvgIpc) is 2.82. The first-order chi connectivity index (χ1) is 9.10. The number of rotatable bonds is 5. The molecule has 1 saturated heterocycles. The molecule has 0 bridgehead atoms. The Bertz CT molecular complexity index is 423. The van der Waals surface area contributed by atoms with Crippen molar-refractivity contribution in [2.45, 2.75) is 38.8 Å². The second kappa shape index (κ2) is 6.94. The Balaban J connectivity index is 1.91. The largest absolute Gasteiger partial charge is 0.327 e. The van der Waals surface area contributed by atoms with Crippen molar-refractivity contribution >= 4 is 23.2 Å². The number of hydrogen-bond acceptors (Lipinski definition) is 2.